The highest BCUT2D eigenvalue weighted by molar-refractivity contribution is 5.77. The van der Waals surface area contributed by atoms with Crippen LogP contribution in [0.5, 0.6) is 0 Å². The van der Waals surface area contributed by atoms with Crippen LogP contribution in [0.2, 0.25) is 0 Å². The zero-order valence-corrected chi connectivity index (χ0v) is 12.1. The smallest absolute Gasteiger partial charge is 0.224 e. The van der Waals surface area contributed by atoms with Crippen molar-refractivity contribution in [2.24, 2.45) is 5.92 Å². The van der Waals surface area contributed by atoms with Gasteiger partial charge in [-0.3, -0.25) is 9.18 Å². The number of hydrogen-bond donors (Lipinski definition) is 0. The summed E-state index contributed by atoms with van der Waals surface area (Å²) in [6.45, 7) is 5.86. The van der Waals surface area contributed by atoms with E-state index in [4.69, 9.17) is 4.74 Å². The Morgan fingerprint density at radius 1 is 1.11 bits per heavy atom. The van der Waals surface area contributed by atoms with Gasteiger partial charge in [0.15, 0.2) is 0 Å². The van der Waals surface area contributed by atoms with Gasteiger partial charge in [0, 0.05) is 32.7 Å². The standard InChI is InChI=1S/C14H28FNO2/c1-13(2)14(17)16(3)10-6-8-12-18-11-7-4-5-9-15/h13H,4-12H2,1-3H3. The Balaban J connectivity index is 3.27. The van der Waals surface area contributed by atoms with Crippen LogP contribution in [0, 0.1) is 5.92 Å². The normalized spacial score (nSPS) is 10.9. The summed E-state index contributed by atoms with van der Waals surface area (Å²) in [6.07, 6.45) is 4.43. The molecule has 0 radical (unpaired) electrons. The van der Waals surface area contributed by atoms with Crippen molar-refractivity contribution < 1.29 is 13.9 Å². The van der Waals surface area contributed by atoms with Crippen LogP contribution in [0.4, 0.5) is 4.39 Å². The van der Waals surface area contributed by atoms with Gasteiger partial charge in [-0.15, -0.1) is 0 Å². The topological polar surface area (TPSA) is 29.5 Å². The fourth-order valence-corrected chi connectivity index (χ4v) is 1.68. The minimum atomic E-state index is -0.226. The van der Waals surface area contributed by atoms with Crippen molar-refractivity contribution in [3.63, 3.8) is 0 Å². The molecule has 0 aromatic rings. The summed E-state index contributed by atoms with van der Waals surface area (Å²) in [4.78, 5) is 13.4. The molecule has 0 aromatic carbocycles. The first-order valence-electron chi connectivity index (χ1n) is 6.98. The Morgan fingerprint density at radius 3 is 2.28 bits per heavy atom. The van der Waals surface area contributed by atoms with Crippen molar-refractivity contribution in [3.05, 3.63) is 0 Å². The maximum absolute atomic E-state index is 11.8. The summed E-state index contributed by atoms with van der Waals surface area (Å²) < 4.78 is 17.2. The Labute approximate surface area is 111 Å². The monoisotopic (exact) mass is 261 g/mol. The number of halogens is 1. The largest absolute Gasteiger partial charge is 0.381 e. The van der Waals surface area contributed by atoms with Crippen molar-refractivity contribution in [2.45, 2.75) is 46.0 Å². The van der Waals surface area contributed by atoms with Crippen LogP contribution in [0.25, 0.3) is 0 Å². The molecule has 18 heavy (non-hydrogen) atoms. The van der Waals surface area contributed by atoms with Crippen LogP contribution in [0.1, 0.15) is 46.0 Å². The van der Waals surface area contributed by atoms with Gasteiger partial charge in [-0.2, -0.15) is 0 Å². The van der Waals surface area contributed by atoms with Crippen molar-refractivity contribution in [3.8, 4) is 0 Å². The Kier molecular flexibility index (Phi) is 11.0. The molecule has 0 aromatic heterocycles. The van der Waals surface area contributed by atoms with E-state index in [0.29, 0.717) is 6.42 Å². The van der Waals surface area contributed by atoms with Gasteiger partial charge in [-0.1, -0.05) is 13.8 Å². The molecule has 0 fully saturated rings. The number of unbranched alkanes of at least 4 members (excludes halogenated alkanes) is 3. The molecule has 0 bridgehead atoms. The van der Waals surface area contributed by atoms with Crippen LogP contribution >= 0.6 is 0 Å². The van der Waals surface area contributed by atoms with Crippen molar-refractivity contribution in [1.29, 1.82) is 0 Å². The third-order valence-electron chi connectivity index (χ3n) is 2.82. The minimum Gasteiger partial charge on any atom is -0.381 e. The lowest BCUT2D eigenvalue weighted by Crippen LogP contribution is -2.31. The Hall–Kier alpha value is -0.640. The number of nitrogens with zero attached hydrogens (tertiary/aromatic N) is 1. The predicted molar refractivity (Wildman–Crippen MR) is 72.4 cm³/mol. The van der Waals surface area contributed by atoms with E-state index in [1.54, 1.807) is 4.90 Å². The number of rotatable bonds is 11. The molecule has 0 aliphatic heterocycles. The first-order chi connectivity index (χ1) is 8.59. The van der Waals surface area contributed by atoms with E-state index >= 15 is 0 Å². The molecule has 0 atom stereocenters. The van der Waals surface area contributed by atoms with Gasteiger partial charge >= 0.3 is 0 Å². The highest BCUT2D eigenvalue weighted by atomic mass is 19.1. The molecule has 0 spiro atoms. The number of carbonyl (C=O) groups excluding carboxylic acids is 1. The molecule has 3 nitrogen and oxygen atoms in total. The average molecular weight is 261 g/mol. The third-order valence-corrected chi connectivity index (χ3v) is 2.82. The van der Waals surface area contributed by atoms with E-state index in [0.717, 1.165) is 45.4 Å². The number of alkyl halides is 1. The molecule has 4 heteroatoms. The zero-order valence-electron chi connectivity index (χ0n) is 12.1. The summed E-state index contributed by atoms with van der Waals surface area (Å²) >= 11 is 0. The van der Waals surface area contributed by atoms with Crippen LogP contribution < -0.4 is 0 Å². The lowest BCUT2D eigenvalue weighted by atomic mass is 10.2. The van der Waals surface area contributed by atoms with E-state index in [1.165, 1.54) is 0 Å². The zero-order chi connectivity index (χ0) is 13.8. The Morgan fingerprint density at radius 2 is 1.72 bits per heavy atom. The third kappa shape index (κ3) is 9.40. The molecule has 1 amide bonds. The average Bonchev–Trinajstić information content (AvgIpc) is 2.35. The SMILES string of the molecule is CC(C)C(=O)N(C)CCCCOCCCCCF. The molecule has 0 aliphatic carbocycles. The van der Waals surface area contributed by atoms with Crippen molar-refractivity contribution in [1.82, 2.24) is 4.90 Å². The number of hydrogen-bond acceptors (Lipinski definition) is 2. The van der Waals surface area contributed by atoms with Gasteiger partial charge in [0.25, 0.3) is 0 Å². The van der Waals surface area contributed by atoms with E-state index < -0.39 is 0 Å². The lowest BCUT2D eigenvalue weighted by Gasteiger charge is -2.19. The highest BCUT2D eigenvalue weighted by Gasteiger charge is 2.11. The fraction of sp³-hybridized carbons (Fsp3) is 0.929. The first-order valence-corrected chi connectivity index (χ1v) is 6.98. The van der Waals surface area contributed by atoms with Crippen molar-refractivity contribution >= 4 is 5.91 Å². The molecule has 0 saturated carbocycles. The number of ether oxygens (including phenoxy) is 1. The highest BCUT2D eigenvalue weighted by Crippen LogP contribution is 2.02. The van der Waals surface area contributed by atoms with Gasteiger partial charge in [0.1, 0.15) is 0 Å². The van der Waals surface area contributed by atoms with E-state index in [-0.39, 0.29) is 18.5 Å². The second-order valence-electron chi connectivity index (χ2n) is 4.98. The van der Waals surface area contributed by atoms with Gasteiger partial charge in [0.05, 0.1) is 6.67 Å². The second kappa shape index (κ2) is 11.5. The van der Waals surface area contributed by atoms with Gasteiger partial charge in [0.2, 0.25) is 5.91 Å². The second-order valence-corrected chi connectivity index (χ2v) is 4.98. The van der Waals surface area contributed by atoms with E-state index in [1.807, 2.05) is 20.9 Å². The van der Waals surface area contributed by atoms with Crippen molar-refractivity contribution in [2.75, 3.05) is 33.5 Å². The number of amides is 1. The lowest BCUT2D eigenvalue weighted by molar-refractivity contribution is -0.133. The Bertz CT molecular complexity index is 210. The number of carbonyl (C=O) groups is 1. The summed E-state index contributed by atoms with van der Waals surface area (Å²) in [6, 6.07) is 0. The summed E-state index contributed by atoms with van der Waals surface area (Å²) in [5.74, 6) is 0.267. The van der Waals surface area contributed by atoms with E-state index in [2.05, 4.69) is 0 Å². The summed E-state index contributed by atoms with van der Waals surface area (Å²) in [5.41, 5.74) is 0. The molecule has 0 aliphatic rings. The van der Waals surface area contributed by atoms with Gasteiger partial charge < -0.3 is 9.64 Å². The van der Waals surface area contributed by atoms with Gasteiger partial charge in [-0.05, 0) is 32.1 Å². The minimum absolute atomic E-state index is 0.0711. The molecule has 0 rings (SSSR count). The van der Waals surface area contributed by atoms with Crippen LogP contribution in [-0.2, 0) is 9.53 Å². The maximum atomic E-state index is 11.8. The van der Waals surface area contributed by atoms with Crippen LogP contribution in [-0.4, -0.2) is 44.3 Å². The molecule has 108 valence electrons. The first kappa shape index (κ1) is 17.4. The van der Waals surface area contributed by atoms with Crippen LogP contribution in [0.15, 0.2) is 0 Å². The molecular formula is C14H28FNO2. The fourth-order valence-electron chi connectivity index (χ4n) is 1.68. The molecule has 0 unspecified atom stereocenters. The summed E-state index contributed by atoms with van der Waals surface area (Å²) in [5, 5.41) is 0. The molecule has 0 heterocycles. The molecular weight excluding hydrogens is 233 g/mol. The quantitative estimate of drug-likeness (QED) is 0.535. The molecule has 0 saturated heterocycles. The van der Waals surface area contributed by atoms with Gasteiger partial charge in [-0.25, -0.2) is 0 Å². The molecule has 0 N–H and O–H groups in total. The van der Waals surface area contributed by atoms with E-state index in [9.17, 15) is 9.18 Å². The van der Waals surface area contributed by atoms with Crippen LogP contribution in [0.3, 0.4) is 0 Å². The predicted octanol–water partition coefficient (Wildman–Crippen LogP) is 3.04. The maximum Gasteiger partial charge on any atom is 0.224 e. The summed E-state index contributed by atoms with van der Waals surface area (Å²) in [7, 11) is 1.85.